The summed E-state index contributed by atoms with van der Waals surface area (Å²) in [5.74, 6) is -9.09. The van der Waals surface area contributed by atoms with Gasteiger partial charge in [-0.05, 0) is 32.1 Å². The lowest BCUT2D eigenvalue weighted by Crippen LogP contribution is -2.70. The third-order valence-corrected chi connectivity index (χ3v) is 6.81. The summed E-state index contributed by atoms with van der Waals surface area (Å²) in [5.41, 5.74) is 1.42. The minimum atomic E-state index is -2.92. The summed E-state index contributed by atoms with van der Waals surface area (Å²) >= 11 is 0. The van der Waals surface area contributed by atoms with Crippen LogP contribution < -0.4 is 5.73 Å². The molecule has 0 radical (unpaired) electrons. The van der Waals surface area contributed by atoms with Crippen LogP contribution in [0.25, 0.3) is 5.76 Å². The first-order chi connectivity index (χ1) is 15.8. The third kappa shape index (κ3) is 2.97. The van der Waals surface area contributed by atoms with Crippen molar-refractivity contribution in [1.82, 2.24) is 4.90 Å². The summed E-state index contributed by atoms with van der Waals surface area (Å²) in [6, 6.07) is 3.06. The van der Waals surface area contributed by atoms with Gasteiger partial charge in [0.15, 0.2) is 11.4 Å². The minimum absolute atomic E-state index is 0.0148. The van der Waals surface area contributed by atoms with E-state index in [0.717, 1.165) is 6.92 Å². The molecule has 0 bridgehead atoms. The van der Waals surface area contributed by atoms with Gasteiger partial charge in [-0.25, -0.2) is 0 Å². The number of aromatic hydroxyl groups is 1. The van der Waals surface area contributed by atoms with Crippen LogP contribution in [0.3, 0.4) is 0 Å². The number of likely N-dealkylation sites (N-methyl/N-ethyl adjacent to an activating group) is 1. The average Bonchev–Trinajstić information content (AvgIpc) is 2.72. The molecular formula is C23H24N2O9. The number of aliphatic hydroxyl groups is 3. The standard InChI is InChI=1S/C23H24N2O9/c1-8(26)34-19-10-7-9-5-4-6-11(27)12(9)17(28)13(10)20(30)23(33)15(19)16(25(2)3)18(29)14(21(23)31)22(24)32/h4-6,10,15-16,19,27-28,31,33H,7H2,1-3H3,(H2,24,32)/t10-,15-,16+,19+,23+/m1/s1. The molecule has 0 saturated heterocycles. The second-order valence-corrected chi connectivity index (χ2v) is 8.94. The van der Waals surface area contributed by atoms with Crippen molar-refractivity contribution >= 4 is 29.2 Å². The Morgan fingerprint density at radius 3 is 2.38 bits per heavy atom. The van der Waals surface area contributed by atoms with Gasteiger partial charge in [0.25, 0.3) is 5.91 Å². The van der Waals surface area contributed by atoms with E-state index < -0.39 is 75.7 Å². The molecule has 180 valence electrons. The maximum absolute atomic E-state index is 13.8. The van der Waals surface area contributed by atoms with Crippen molar-refractivity contribution < 1.29 is 44.3 Å². The van der Waals surface area contributed by atoms with Gasteiger partial charge in [-0.1, -0.05) is 12.1 Å². The van der Waals surface area contributed by atoms with E-state index in [4.69, 9.17) is 10.5 Å². The molecule has 6 N–H and O–H groups in total. The van der Waals surface area contributed by atoms with Crippen LogP contribution in [0.1, 0.15) is 18.1 Å². The molecule has 4 rings (SSSR count). The molecule has 1 fully saturated rings. The average molecular weight is 472 g/mol. The van der Waals surface area contributed by atoms with Crippen LogP contribution in [0.4, 0.5) is 0 Å². The lowest BCUT2D eigenvalue weighted by molar-refractivity contribution is -0.183. The van der Waals surface area contributed by atoms with Crippen molar-refractivity contribution in [3.05, 3.63) is 46.2 Å². The van der Waals surface area contributed by atoms with Crippen LogP contribution in [0.15, 0.2) is 35.1 Å². The summed E-state index contributed by atoms with van der Waals surface area (Å²) in [6.07, 6.45) is -1.36. The van der Waals surface area contributed by atoms with E-state index in [-0.39, 0.29) is 17.7 Å². The number of esters is 1. The van der Waals surface area contributed by atoms with E-state index in [1.807, 2.05) is 0 Å². The third-order valence-electron chi connectivity index (χ3n) is 6.81. The number of rotatable bonds is 3. The van der Waals surface area contributed by atoms with Gasteiger partial charge in [0.1, 0.15) is 28.9 Å². The topological polar surface area (TPSA) is 188 Å². The molecule has 0 unspecified atom stereocenters. The van der Waals surface area contributed by atoms with Crippen LogP contribution in [0, 0.1) is 11.8 Å². The van der Waals surface area contributed by atoms with Crippen LogP contribution in [0.2, 0.25) is 0 Å². The zero-order valence-corrected chi connectivity index (χ0v) is 18.6. The van der Waals surface area contributed by atoms with Crippen LogP contribution in [-0.4, -0.2) is 80.6 Å². The summed E-state index contributed by atoms with van der Waals surface area (Å²) in [5, 5.41) is 43.9. The monoisotopic (exact) mass is 472 g/mol. The Morgan fingerprint density at radius 1 is 1.18 bits per heavy atom. The molecule has 0 aromatic heterocycles. The summed E-state index contributed by atoms with van der Waals surface area (Å²) < 4.78 is 5.52. The number of benzene rings is 1. The molecule has 1 aromatic carbocycles. The number of aliphatic hydroxyl groups excluding tert-OH is 2. The fourth-order valence-electron chi connectivity index (χ4n) is 5.51. The highest BCUT2D eigenvalue weighted by Gasteiger charge is 2.68. The molecular weight excluding hydrogens is 448 g/mol. The SMILES string of the molecule is CC(=O)O[C@@H]1[C@H]2[C@H](N(C)C)C(=O)C(C(N)=O)=C(O)[C@@]2(O)C(=O)C2=C(O)c3c(O)cccc3C[C@H]21. The van der Waals surface area contributed by atoms with Gasteiger partial charge in [0.05, 0.1) is 17.5 Å². The van der Waals surface area contributed by atoms with Crippen LogP contribution in [-0.2, 0) is 30.3 Å². The molecule has 11 nitrogen and oxygen atoms in total. The van der Waals surface area contributed by atoms with E-state index >= 15 is 0 Å². The maximum atomic E-state index is 13.8. The number of primary amides is 1. The first kappa shape index (κ1) is 23.5. The largest absolute Gasteiger partial charge is 0.508 e. The molecule has 34 heavy (non-hydrogen) atoms. The molecule has 0 spiro atoms. The molecule has 1 saturated carbocycles. The predicted molar refractivity (Wildman–Crippen MR) is 115 cm³/mol. The van der Waals surface area contributed by atoms with E-state index in [9.17, 15) is 39.6 Å². The van der Waals surface area contributed by atoms with Crippen molar-refractivity contribution in [1.29, 1.82) is 0 Å². The highest BCUT2D eigenvalue weighted by Crippen LogP contribution is 2.53. The Morgan fingerprint density at radius 2 is 1.82 bits per heavy atom. The molecule has 0 heterocycles. The highest BCUT2D eigenvalue weighted by atomic mass is 16.5. The number of phenols is 1. The van der Waals surface area contributed by atoms with Crippen molar-refractivity contribution in [3.8, 4) is 5.75 Å². The Balaban J connectivity index is 2.08. The number of nitrogens with two attached hydrogens (primary N) is 1. The summed E-state index contributed by atoms with van der Waals surface area (Å²) in [4.78, 5) is 52.4. The van der Waals surface area contributed by atoms with E-state index in [2.05, 4.69) is 0 Å². The molecule has 11 heteroatoms. The summed E-state index contributed by atoms with van der Waals surface area (Å²) in [6.45, 7) is 1.10. The number of fused-ring (bicyclic) bond motifs is 3. The van der Waals surface area contributed by atoms with Gasteiger partial charge in [-0.3, -0.25) is 24.1 Å². The Bertz CT molecular complexity index is 1210. The van der Waals surface area contributed by atoms with Gasteiger partial charge in [-0.2, -0.15) is 0 Å². The van der Waals surface area contributed by atoms with Crippen molar-refractivity contribution in [2.45, 2.75) is 31.1 Å². The van der Waals surface area contributed by atoms with E-state index in [0.29, 0.717) is 5.56 Å². The number of carbonyl (C=O) groups is 4. The fraction of sp³-hybridized carbons (Fsp3) is 0.391. The van der Waals surface area contributed by atoms with Gasteiger partial charge in [-0.15, -0.1) is 0 Å². The lowest BCUT2D eigenvalue weighted by Gasteiger charge is -2.53. The van der Waals surface area contributed by atoms with Crippen LogP contribution >= 0.6 is 0 Å². The van der Waals surface area contributed by atoms with Crippen LogP contribution in [0.5, 0.6) is 5.75 Å². The Kier molecular flexibility index (Phi) is 5.29. The van der Waals surface area contributed by atoms with Gasteiger partial charge in [0, 0.05) is 18.4 Å². The number of carbonyl (C=O) groups excluding carboxylic acids is 4. The number of hydrogen-bond acceptors (Lipinski definition) is 10. The second kappa shape index (κ2) is 7.67. The summed E-state index contributed by atoms with van der Waals surface area (Å²) in [7, 11) is 2.91. The molecule has 3 aliphatic carbocycles. The number of phenolic OH excluding ortho intramolecular Hbond substituents is 1. The number of nitrogens with zero attached hydrogens (tertiary/aromatic N) is 1. The van der Waals surface area contributed by atoms with Crippen molar-refractivity contribution in [2.75, 3.05) is 14.1 Å². The second-order valence-electron chi connectivity index (χ2n) is 8.94. The van der Waals surface area contributed by atoms with Crippen molar-refractivity contribution in [2.24, 2.45) is 17.6 Å². The Hall–Kier alpha value is -3.70. The minimum Gasteiger partial charge on any atom is -0.508 e. The molecule has 0 aliphatic heterocycles. The number of hydrogen-bond donors (Lipinski definition) is 5. The molecule has 3 aliphatic rings. The van der Waals surface area contributed by atoms with Gasteiger partial charge >= 0.3 is 5.97 Å². The fourth-order valence-corrected chi connectivity index (χ4v) is 5.51. The van der Waals surface area contributed by atoms with Crippen molar-refractivity contribution in [3.63, 3.8) is 0 Å². The highest BCUT2D eigenvalue weighted by molar-refractivity contribution is 6.24. The zero-order chi connectivity index (χ0) is 25.3. The Labute approximate surface area is 193 Å². The quantitative estimate of drug-likeness (QED) is 0.283. The van der Waals surface area contributed by atoms with Gasteiger partial charge in [0.2, 0.25) is 5.78 Å². The molecule has 1 amide bonds. The van der Waals surface area contributed by atoms with E-state index in [1.165, 1.54) is 31.1 Å². The molecule has 1 aromatic rings. The predicted octanol–water partition coefficient (Wildman–Crippen LogP) is -0.494. The number of ether oxygens (including phenoxy) is 1. The zero-order valence-electron chi connectivity index (χ0n) is 18.6. The van der Waals surface area contributed by atoms with Gasteiger partial charge < -0.3 is 30.9 Å². The number of amides is 1. The lowest BCUT2D eigenvalue weighted by atomic mass is 9.56. The molecule has 5 atom stereocenters. The first-order valence-corrected chi connectivity index (χ1v) is 10.5. The first-order valence-electron chi connectivity index (χ1n) is 10.5. The number of Topliss-reactive ketones (excluding diaryl/α,β-unsaturated/α-hetero) is 2. The maximum Gasteiger partial charge on any atom is 0.302 e. The smallest absolute Gasteiger partial charge is 0.302 e. The normalized spacial score (nSPS) is 30.6. The van der Waals surface area contributed by atoms with E-state index in [1.54, 1.807) is 6.07 Å². The number of ketones is 2.